The van der Waals surface area contributed by atoms with Crippen LogP contribution in [0.25, 0.3) is 0 Å². The zero-order valence-corrected chi connectivity index (χ0v) is 23.1. The monoisotopic (exact) mass is 580 g/mol. The van der Waals surface area contributed by atoms with Gasteiger partial charge < -0.3 is 59.8 Å². The molecule has 0 bridgehead atoms. The van der Waals surface area contributed by atoms with E-state index >= 15 is 0 Å². The van der Waals surface area contributed by atoms with Gasteiger partial charge in [0.05, 0.1) is 13.2 Å². The van der Waals surface area contributed by atoms with Gasteiger partial charge in [-0.2, -0.15) is 0 Å². The normalized spacial score (nSPS) is 34.7. The van der Waals surface area contributed by atoms with Gasteiger partial charge in [-0.3, -0.25) is 0 Å². The molecule has 2 heterocycles. The van der Waals surface area contributed by atoms with Crippen LogP contribution in [0.2, 0.25) is 0 Å². The van der Waals surface area contributed by atoms with Crippen LogP contribution >= 0.6 is 0 Å². The maximum Gasteiger partial charge on any atom is 0.229 e. The molecule has 2 saturated heterocycles. The summed E-state index contributed by atoms with van der Waals surface area (Å²) < 4.78 is 22.4. The maximum absolute atomic E-state index is 10.3. The number of rotatable bonds is 9. The minimum absolute atomic E-state index is 0.103. The number of hydrogen-bond acceptors (Lipinski definition) is 12. The Morgan fingerprint density at radius 2 is 1.12 bits per heavy atom. The van der Waals surface area contributed by atoms with Crippen molar-refractivity contribution >= 4 is 0 Å². The van der Waals surface area contributed by atoms with Crippen molar-refractivity contribution in [3.05, 3.63) is 58.7 Å². The Bertz CT molecular complexity index is 1160. The van der Waals surface area contributed by atoms with E-state index in [0.717, 1.165) is 22.3 Å². The summed E-state index contributed by atoms with van der Waals surface area (Å²) >= 11 is 0. The smallest absolute Gasteiger partial charge is 0.229 e. The third-order valence-corrected chi connectivity index (χ3v) is 7.73. The Labute approximate surface area is 237 Å². The average molecular weight is 581 g/mol. The predicted octanol–water partition coefficient (Wildman–Crippen LogP) is -0.993. The van der Waals surface area contributed by atoms with Gasteiger partial charge in [-0.25, -0.2) is 0 Å². The summed E-state index contributed by atoms with van der Waals surface area (Å²) in [4.78, 5) is 0. The molecule has 0 saturated carbocycles. The molecule has 12 nitrogen and oxygen atoms in total. The predicted molar refractivity (Wildman–Crippen MR) is 143 cm³/mol. The molecule has 0 amide bonds. The summed E-state index contributed by atoms with van der Waals surface area (Å²) in [5, 5.41) is 79.3. The highest BCUT2D eigenvalue weighted by atomic mass is 16.7. The first-order valence-corrected chi connectivity index (χ1v) is 13.6. The van der Waals surface area contributed by atoms with E-state index in [0.29, 0.717) is 17.9 Å². The molecule has 8 N–H and O–H groups in total. The molecule has 11 atom stereocenters. The van der Waals surface area contributed by atoms with E-state index in [1.54, 1.807) is 12.1 Å². The second-order valence-electron chi connectivity index (χ2n) is 10.9. The second-order valence-corrected chi connectivity index (χ2v) is 10.9. The van der Waals surface area contributed by atoms with Crippen LogP contribution in [0.3, 0.4) is 0 Å². The van der Waals surface area contributed by atoms with E-state index in [1.807, 2.05) is 38.1 Å². The first-order valence-electron chi connectivity index (χ1n) is 13.6. The van der Waals surface area contributed by atoms with Crippen LogP contribution in [0.4, 0.5) is 0 Å². The van der Waals surface area contributed by atoms with E-state index in [1.165, 1.54) is 0 Å². The molecule has 2 aromatic carbocycles. The van der Waals surface area contributed by atoms with Crippen molar-refractivity contribution in [2.24, 2.45) is 0 Å². The van der Waals surface area contributed by atoms with Crippen LogP contribution in [0.1, 0.15) is 35.1 Å². The zero-order valence-electron chi connectivity index (χ0n) is 23.1. The highest BCUT2D eigenvalue weighted by Crippen LogP contribution is 2.31. The quantitative estimate of drug-likeness (QED) is 0.180. The van der Waals surface area contributed by atoms with Gasteiger partial charge in [0.15, 0.2) is 0 Å². The fourth-order valence-electron chi connectivity index (χ4n) is 5.13. The molecule has 41 heavy (non-hydrogen) atoms. The largest absolute Gasteiger partial charge is 0.462 e. The molecule has 0 aromatic heterocycles. The Kier molecular flexibility index (Phi) is 10.2. The van der Waals surface area contributed by atoms with E-state index in [-0.39, 0.29) is 5.92 Å². The topological polar surface area (TPSA) is 199 Å². The number of aliphatic hydroxyl groups excluding tert-OH is 8. The van der Waals surface area contributed by atoms with Gasteiger partial charge in [-0.1, -0.05) is 31.2 Å². The van der Waals surface area contributed by atoms with Crippen molar-refractivity contribution in [1.82, 2.24) is 0 Å². The first kappa shape index (κ1) is 31.6. The van der Waals surface area contributed by atoms with Crippen LogP contribution in [-0.2, 0) is 15.9 Å². The Hall–Kier alpha value is -2.36. The van der Waals surface area contributed by atoms with Crippen LogP contribution in [-0.4, -0.2) is 115 Å². The molecule has 0 radical (unpaired) electrons. The van der Waals surface area contributed by atoms with Crippen molar-refractivity contribution in [2.45, 2.75) is 94.5 Å². The highest BCUT2D eigenvalue weighted by Gasteiger charge is 2.46. The summed E-state index contributed by atoms with van der Waals surface area (Å²) in [6.07, 6.45) is -12.9. The Balaban J connectivity index is 1.39. The molecule has 1 unspecified atom stereocenters. The third kappa shape index (κ3) is 6.83. The van der Waals surface area contributed by atoms with Gasteiger partial charge >= 0.3 is 0 Å². The lowest BCUT2D eigenvalue weighted by Gasteiger charge is -2.39. The minimum atomic E-state index is -1.53. The standard InChI is InChI=1S/C29H40O12/c1-13(17-5-7-19(15(3)10-17)39-29-27(37)25(35)23(33)21(12-31)41-29)8-16-4-6-18(14(2)9-16)38-28-26(36)24(34)22(32)20(11-30)40-28/h4-7,9-10,13,20-37H,8,11-12H2,1-3H3/t13?,20-,21-,22-,23-,24+,25+,26+,27+,28+,29+/m1/s1. The molecule has 4 rings (SSSR count). The summed E-state index contributed by atoms with van der Waals surface area (Å²) in [6.45, 7) is 4.66. The molecule has 0 spiro atoms. The van der Waals surface area contributed by atoms with Crippen LogP contribution in [0, 0.1) is 13.8 Å². The number of hydrogen-bond donors (Lipinski definition) is 8. The Morgan fingerprint density at radius 3 is 1.56 bits per heavy atom. The minimum Gasteiger partial charge on any atom is -0.462 e. The molecule has 2 aliphatic rings. The number of aryl methyl sites for hydroxylation is 2. The highest BCUT2D eigenvalue weighted by molar-refractivity contribution is 5.40. The third-order valence-electron chi connectivity index (χ3n) is 7.73. The van der Waals surface area contributed by atoms with E-state index < -0.39 is 74.6 Å². The van der Waals surface area contributed by atoms with Crippen molar-refractivity contribution in [3.63, 3.8) is 0 Å². The fraction of sp³-hybridized carbons (Fsp3) is 0.586. The lowest BCUT2D eigenvalue weighted by Crippen LogP contribution is -2.60. The van der Waals surface area contributed by atoms with Gasteiger partial charge in [-0.05, 0) is 60.6 Å². The van der Waals surface area contributed by atoms with E-state index in [2.05, 4.69) is 6.92 Å². The van der Waals surface area contributed by atoms with Gasteiger partial charge in [0, 0.05) is 0 Å². The molecule has 2 fully saturated rings. The van der Waals surface area contributed by atoms with Crippen molar-refractivity contribution in [1.29, 1.82) is 0 Å². The van der Waals surface area contributed by atoms with Gasteiger partial charge in [0.25, 0.3) is 0 Å². The van der Waals surface area contributed by atoms with E-state index in [9.17, 15) is 40.9 Å². The molecule has 12 heteroatoms. The molecular weight excluding hydrogens is 540 g/mol. The molecule has 0 aliphatic carbocycles. The average Bonchev–Trinajstić information content (AvgIpc) is 2.95. The van der Waals surface area contributed by atoms with E-state index in [4.69, 9.17) is 18.9 Å². The summed E-state index contributed by atoms with van der Waals surface area (Å²) in [5.41, 5.74) is 3.59. The van der Waals surface area contributed by atoms with Gasteiger partial charge in [0.1, 0.15) is 60.3 Å². The van der Waals surface area contributed by atoms with Crippen LogP contribution in [0.5, 0.6) is 11.5 Å². The summed E-state index contributed by atoms with van der Waals surface area (Å²) in [6, 6.07) is 11.1. The van der Waals surface area contributed by atoms with Crippen molar-refractivity contribution in [3.8, 4) is 11.5 Å². The SMILES string of the molecule is Cc1cc(CC(C)c2ccc(O[C@H]3O[C@H](CO)[C@@H](O)[C@H](O)[C@@H]3O)c(C)c2)ccc1O[C@H]1O[C@H](CO)[C@@H](O)[C@H](O)[C@@H]1O. The Morgan fingerprint density at radius 1 is 0.659 bits per heavy atom. The van der Waals surface area contributed by atoms with Gasteiger partial charge in [0.2, 0.25) is 12.6 Å². The first-order chi connectivity index (χ1) is 19.4. The molecule has 2 aromatic rings. The molecular formula is C29H40O12. The lowest BCUT2D eigenvalue weighted by atomic mass is 9.92. The maximum atomic E-state index is 10.3. The zero-order chi connectivity index (χ0) is 30.0. The second kappa shape index (κ2) is 13.3. The molecule has 228 valence electrons. The number of aliphatic hydroxyl groups is 8. The summed E-state index contributed by atoms with van der Waals surface area (Å²) in [5.74, 6) is 0.957. The summed E-state index contributed by atoms with van der Waals surface area (Å²) in [7, 11) is 0. The lowest BCUT2D eigenvalue weighted by molar-refractivity contribution is -0.277. The number of ether oxygens (including phenoxy) is 4. The van der Waals surface area contributed by atoms with Crippen LogP contribution < -0.4 is 9.47 Å². The fourth-order valence-corrected chi connectivity index (χ4v) is 5.13. The van der Waals surface area contributed by atoms with Gasteiger partial charge in [-0.15, -0.1) is 0 Å². The van der Waals surface area contributed by atoms with Crippen molar-refractivity contribution in [2.75, 3.05) is 13.2 Å². The van der Waals surface area contributed by atoms with Crippen molar-refractivity contribution < 1.29 is 59.8 Å². The molecule has 2 aliphatic heterocycles. The van der Waals surface area contributed by atoms with Crippen LogP contribution in [0.15, 0.2) is 36.4 Å². The number of benzene rings is 2.